The van der Waals surface area contributed by atoms with Crippen molar-refractivity contribution < 1.29 is 28.7 Å². The number of hydrogen-bond donors (Lipinski definition) is 2. The van der Waals surface area contributed by atoms with Gasteiger partial charge in [0.1, 0.15) is 17.9 Å². The van der Waals surface area contributed by atoms with Gasteiger partial charge in [-0.2, -0.15) is 0 Å². The van der Waals surface area contributed by atoms with Gasteiger partial charge < -0.3 is 19.4 Å². The highest BCUT2D eigenvalue weighted by atomic mass is 16.5. The lowest BCUT2D eigenvalue weighted by molar-refractivity contribution is -0.123. The molecular weight excluding hydrogens is 464 g/mol. The summed E-state index contributed by atoms with van der Waals surface area (Å²) in [6, 6.07) is 12.9. The second kappa shape index (κ2) is 10.9. The number of hydrogen-bond acceptors (Lipinski definition) is 6. The molecule has 1 aliphatic rings. The van der Waals surface area contributed by atoms with Crippen LogP contribution in [-0.4, -0.2) is 55.2 Å². The number of rotatable bonds is 9. The van der Waals surface area contributed by atoms with Crippen LogP contribution in [0.15, 0.2) is 60.3 Å². The number of urea groups is 1. The van der Waals surface area contributed by atoms with Crippen molar-refractivity contribution in [3.8, 4) is 5.75 Å². The molecule has 2 aromatic carbocycles. The van der Waals surface area contributed by atoms with Crippen molar-refractivity contribution in [1.29, 1.82) is 0 Å². The van der Waals surface area contributed by atoms with Crippen LogP contribution in [-0.2, 0) is 25.7 Å². The van der Waals surface area contributed by atoms with Crippen molar-refractivity contribution in [2.75, 3.05) is 31.8 Å². The van der Waals surface area contributed by atoms with Gasteiger partial charge in [-0.05, 0) is 43.3 Å². The summed E-state index contributed by atoms with van der Waals surface area (Å²) in [5.41, 5.74) is 1.43. The first-order valence-electron chi connectivity index (χ1n) is 11.4. The van der Waals surface area contributed by atoms with Crippen LogP contribution in [0, 0.1) is 0 Å². The standard InChI is InChI=1S/C26H26N4O6/c1-3-36-19-10-8-18(9-11-19)30-25(33)21(24(32)28-26(30)34)14-17-15-29(16-23(31)27-12-13-35-2)22-7-5-4-6-20(17)22/h4-11,14-15H,3,12-13,16H2,1-2H3,(H,27,31)(H,28,32,34)/b21-14+. The fourth-order valence-corrected chi connectivity index (χ4v) is 3.93. The number of carbonyl (C=O) groups is 4. The van der Waals surface area contributed by atoms with Crippen molar-refractivity contribution in [2.24, 2.45) is 0 Å². The maximum atomic E-state index is 13.3. The predicted octanol–water partition coefficient (Wildman–Crippen LogP) is 2.47. The van der Waals surface area contributed by atoms with E-state index in [1.807, 2.05) is 31.2 Å². The minimum absolute atomic E-state index is 0.0460. The van der Waals surface area contributed by atoms with Gasteiger partial charge in [-0.1, -0.05) is 18.2 Å². The molecule has 2 heterocycles. The lowest BCUT2D eigenvalue weighted by Gasteiger charge is -2.26. The molecule has 4 rings (SSSR count). The van der Waals surface area contributed by atoms with Crippen LogP contribution >= 0.6 is 0 Å². The van der Waals surface area contributed by atoms with E-state index in [-0.39, 0.29) is 18.0 Å². The number of anilines is 1. The Balaban J connectivity index is 1.66. The third-order valence-electron chi connectivity index (χ3n) is 5.57. The molecule has 10 heteroatoms. The van der Waals surface area contributed by atoms with E-state index in [1.54, 1.807) is 42.1 Å². The predicted molar refractivity (Wildman–Crippen MR) is 133 cm³/mol. The van der Waals surface area contributed by atoms with Crippen molar-refractivity contribution in [2.45, 2.75) is 13.5 Å². The summed E-state index contributed by atoms with van der Waals surface area (Å²) >= 11 is 0. The summed E-state index contributed by atoms with van der Waals surface area (Å²) in [7, 11) is 1.55. The number of methoxy groups -OCH3 is 1. The van der Waals surface area contributed by atoms with Crippen LogP contribution in [0.4, 0.5) is 10.5 Å². The Morgan fingerprint density at radius 3 is 2.56 bits per heavy atom. The van der Waals surface area contributed by atoms with Crippen LogP contribution in [0.5, 0.6) is 5.75 Å². The number of imide groups is 2. The Hall–Kier alpha value is -4.44. The monoisotopic (exact) mass is 490 g/mol. The summed E-state index contributed by atoms with van der Waals surface area (Å²) in [4.78, 5) is 51.7. The molecule has 3 aromatic rings. The molecule has 5 amide bonds. The van der Waals surface area contributed by atoms with Gasteiger partial charge in [-0.3, -0.25) is 19.7 Å². The molecule has 0 unspecified atom stereocenters. The van der Waals surface area contributed by atoms with Gasteiger partial charge in [0, 0.05) is 36.3 Å². The zero-order valence-corrected chi connectivity index (χ0v) is 19.9. The van der Waals surface area contributed by atoms with E-state index in [2.05, 4.69) is 10.6 Å². The van der Waals surface area contributed by atoms with Crippen molar-refractivity contribution in [1.82, 2.24) is 15.2 Å². The van der Waals surface area contributed by atoms with E-state index in [1.165, 1.54) is 6.08 Å². The number of nitrogens with zero attached hydrogens (tertiary/aromatic N) is 2. The minimum Gasteiger partial charge on any atom is -0.494 e. The number of amides is 5. The van der Waals surface area contributed by atoms with Gasteiger partial charge in [-0.15, -0.1) is 0 Å². The highest BCUT2D eigenvalue weighted by Gasteiger charge is 2.37. The normalized spacial score (nSPS) is 14.9. The molecule has 0 spiro atoms. The molecule has 1 saturated heterocycles. The summed E-state index contributed by atoms with van der Waals surface area (Å²) in [5, 5.41) is 5.75. The number of ether oxygens (including phenoxy) is 2. The molecular formula is C26H26N4O6. The summed E-state index contributed by atoms with van der Waals surface area (Å²) in [6.07, 6.45) is 3.14. The number of fused-ring (bicyclic) bond motifs is 1. The van der Waals surface area contributed by atoms with Crippen LogP contribution in [0.3, 0.4) is 0 Å². The van der Waals surface area contributed by atoms with E-state index >= 15 is 0 Å². The van der Waals surface area contributed by atoms with E-state index in [4.69, 9.17) is 9.47 Å². The highest BCUT2D eigenvalue weighted by Crippen LogP contribution is 2.27. The number of benzene rings is 2. The average molecular weight is 491 g/mol. The quantitative estimate of drug-likeness (QED) is 0.270. The SMILES string of the molecule is CCOc1ccc(N2C(=O)NC(=O)/C(=C\c3cn(CC(=O)NCCOC)c4ccccc34)C2=O)cc1. The van der Waals surface area contributed by atoms with Crippen LogP contribution < -0.4 is 20.3 Å². The fraction of sp³-hybridized carbons (Fsp3) is 0.231. The Morgan fingerprint density at radius 1 is 1.08 bits per heavy atom. The number of barbiturate groups is 1. The molecule has 0 bridgehead atoms. The van der Waals surface area contributed by atoms with Gasteiger partial charge >= 0.3 is 6.03 Å². The topological polar surface area (TPSA) is 119 Å². The van der Waals surface area contributed by atoms with Crippen molar-refractivity contribution in [3.05, 3.63) is 65.9 Å². The lowest BCUT2D eigenvalue weighted by atomic mass is 10.1. The number of carbonyl (C=O) groups excluding carboxylic acids is 4. The van der Waals surface area contributed by atoms with Crippen LogP contribution in [0.25, 0.3) is 17.0 Å². The molecule has 0 aliphatic carbocycles. The smallest absolute Gasteiger partial charge is 0.335 e. The molecule has 0 radical (unpaired) electrons. The Morgan fingerprint density at radius 2 is 1.83 bits per heavy atom. The second-order valence-electron chi connectivity index (χ2n) is 7.96. The molecule has 36 heavy (non-hydrogen) atoms. The summed E-state index contributed by atoms with van der Waals surface area (Å²) < 4.78 is 12.1. The number of aromatic nitrogens is 1. The maximum Gasteiger partial charge on any atom is 0.335 e. The molecule has 1 aromatic heterocycles. The van der Waals surface area contributed by atoms with Crippen molar-refractivity contribution >= 4 is 46.4 Å². The van der Waals surface area contributed by atoms with E-state index in [0.29, 0.717) is 36.8 Å². The average Bonchev–Trinajstić information content (AvgIpc) is 3.20. The zero-order valence-electron chi connectivity index (χ0n) is 19.9. The van der Waals surface area contributed by atoms with Gasteiger partial charge in [0.2, 0.25) is 5.91 Å². The van der Waals surface area contributed by atoms with Gasteiger partial charge in [-0.25, -0.2) is 9.69 Å². The highest BCUT2D eigenvalue weighted by molar-refractivity contribution is 6.39. The van der Waals surface area contributed by atoms with Crippen molar-refractivity contribution in [3.63, 3.8) is 0 Å². The third-order valence-corrected chi connectivity index (χ3v) is 5.57. The lowest BCUT2D eigenvalue weighted by Crippen LogP contribution is -2.54. The summed E-state index contributed by atoms with van der Waals surface area (Å²) in [5.74, 6) is -1.15. The molecule has 1 aliphatic heterocycles. The third kappa shape index (κ3) is 5.13. The Kier molecular flexibility index (Phi) is 7.45. The Labute approximate surface area is 207 Å². The van der Waals surface area contributed by atoms with E-state index < -0.39 is 17.8 Å². The maximum absolute atomic E-state index is 13.3. The van der Waals surface area contributed by atoms with Crippen LogP contribution in [0.1, 0.15) is 12.5 Å². The first kappa shape index (κ1) is 24.7. The van der Waals surface area contributed by atoms with Crippen LogP contribution in [0.2, 0.25) is 0 Å². The molecule has 0 saturated carbocycles. The van der Waals surface area contributed by atoms with Gasteiger partial charge in [0.15, 0.2) is 0 Å². The molecule has 0 atom stereocenters. The largest absolute Gasteiger partial charge is 0.494 e. The fourth-order valence-electron chi connectivity index (χ4n) is 3.93. The number of nitrogens with one attached hydrogen (secondary N) is 2. The van der Waals surface area contributed by atoms with E-state index in [0.717, 1.165) is 15.8 Å². The van der Waals surface area contributed by atoms with Gasteiger partial charge in [0.05, 0.1) is 18.9 Å². The first-order valence-corrected chi connectivity index (χ1v) is 11.4. The van der Waals surface area contributed by atoms with Gasteiger partial charge in [0.25, 0.3) is 11.8 Å². The summed E-state index contributed by atoms with van der Waals surface area (Å²) in [6.45, 7) is 3.16. The number of para-hydroxylation sites is 1. The molecule has 10 nitrogen and oxygen atoms in total. The Bertz CT molecular complexity index is 1340. The first-order chi connectivity index (χ1) is 17.4. The minimum atomic E-state index is -0.832. The zero-order chi connectivity index (χ0) is 25.7. The molecule has 1 fully saturated rings. The van der Waals surface area contributed by atoms with E-state index in [9.17, 15) is 19.2 Å². The molecule has 2 N–H and O–H groups in total. The molecule has 186 valence electrons. The second-order valence-corrected chi connectivity index (χ2v) is 7.96.